The molecule has 1 aromatic carbocycles. The van der Waals surface area contributed by atoms with Gasteiger partial charge >= 0.3 is 5.97 Å². The van der Waals surface area contributed by atoms with Gasteiger partial charge in [0.2, 0.25) is 0 Å². The smallest absolute Gasteiger partial charge is 0.335 e. The molecule has 1 heterocycles. The van der Waals surface area contributed by atoms with Gasteiger partial charge in [-0.1, -0.05) is 0 Å². The Hall–Kier alpha value is -1.75. The highest BCUT2D eigenvalue weighted by molar-refractivity contribution is 7.98. The highest BCUT2D eigenvalue weighted by Gasteiger charge is 2.12. The van der Waals surface area contributed by atoms with Crippen molar-refractivity contribution in [2.45, 2.75) is 17.6 Å². The third-order valence-corrected chi connectivity index (χ3v) is 3.68. The van der Waals surface area contributed by atoms with E-state index < -0.39 is 11.8 Å². The predicted octanol–water partition coefficient (Wildman–Crippen LogP) is 3.72. The van der Waals surface area contributed by atoms with E-state index in [1.54, 1.807) is 12.3 Å². The summed E-state index contributed by atoms with van der Waals surface area (Å²) in [4.78, 5) is 11.9. The molecule has 94 valence electrons. The fraction of sp³-hybridized carbons (Fsp3) is 0.154. The summed E-state index contributed by atoms with van der Waals surface area (Å²) in [6.07, 6.45) is 1.57. The van der Waals surface area contributed by atoms with Crippen molar-refractivity contribution in [3.05, 3.63) is 53.2 Å². The number of furan rings is 1. The van der Waals surface area contributed by atoms with Crippen LogP contribution in [0.25, 0.3) is 0 Å². The number of halogens is 1. The van der Waals surface area contributed by atoms with E-state index in [9.17, 15) is 9.18 Å². The number of carboxylic acids is 1. The quantitative estimate of drug-likeness (QED) is 0.857. The lowest BCUT2D eigenvalue weighted by atomic mass is 10.1. The van der Waals surface area contributed by atoms with Crippen LogP contribution in [0.4, 0.5) is 4.39 Å². The van der Waals surface area contributed by atoms with Gasteiger partial charge in [0, 0.05) is 10.6 Å². The van der Waals surface area contributed by atoms with Crippen molar-refractivity contribution in [1.29, 1.82) is 0 Å². The number of hydrogen-bond donors (Lipinski definition) is 1. The van der Waals surface area contributed by atoms with E-state index in [4.69, 9.17) is 9.52 Å². The molecule has 2 aromatic rings. The minimum atomic E-state index is -1.05. The SMILES string of the molecule is Cc1occc1SCc1cc(F)ccc1C(=O)O. The van der Waals surface area contributed by atoms with Crippen molar-refractivity contribution in [2.24, 2.45) is 0 Å². The van der Waals surface area contributed by atoms with Crippen molar-refractivity contribution in [2.75, 3.05) is 0 Å². The number of aromatic carboxylic acids is 1. The molecule has 0 radical (unpaired) electrons. The van der Waals surface area contributed by atoms with E-state index >= 15 is 0 Å². The summed E-state index contributed by atoms with van der Waals surface area (Å²) in [6, 6.07) is 5.50. The normalized spacial score (nSPS) is 10.6. The van der Waals surface area contributed by atoms with Crippen LogP contribution >= 0.6 is 11.8 Å². The third kappa shape index (κ3) is 2.73. The van der Waals surface area contributed by atoms with Gasteiger partial charge in [0.15, 0.2) is 0 Å². The van der Waals surface area contributed by atoms with Crippen LogP contribution in [0.15, 0.2) is 39.8 Å². The first-order chi connectivity index (χ1) is 8.58. The summed E-state index contributed by atoms with van der Waals surface area (Å²) in [6.45, 7) is 1.83. The Morgan fingerprint density at radius 1 is 1.44 bits per heavy atom. The molecular weight excluding hydrogens is 255 g/mol. The van der Waals surface area contributed by atoms with E-state index in [-0.39, 0.29) is 5.56 Å². The van der Waals surface area contributed by atoms with Gasteiger partial charge in [-0.15, -0.1) is 11.8 Å². The molecule has 2 rings (SSSR count). The molecule has 0 aliphatic carbocycles. The van der Waals surface area contributed by atoms with Gasteiger partial charge in [0.25, 0.3) is 0 Å². The van der Waals surface area contributed by atoms with E-state index in [0.717, 1.165) is 16.7 Å². The minimum absolute atomic E-state index is 0.130. The molecule has 0 saturated carbocycles. The molecule has 0 amide bonds. The van der Waals surface area contributed by atoms with Crippen molar-refractivity contribution in [3.63, 3.8) is 0 Å². The number of rotatable bonds is 4. The largest absolute Gasteiger partial charge is 0.478 e. The highest BCUT2D eigenvalue weighted by Crippen LogP contribution is 2.28. The Labute approximate surface area is 108 Å². The molecule has 18 heavy (non-hydrogen) atoms. The molecule has 0 aliphatic heterocycles. The maximum Gasteiger partial charge on any atom is 0.335 e. The van der Waals surface area contributed by atoms with E-state index in [0.29, 0.717) is 11.3 Å². The summed E-state index contributed by atoms with van der Waals surface area (Å²) in [7, 11) is 0. The molecule has 0 fully saturated rings. The zero-order valence-electron chi connectivity index (χ0n) is 9.64. The maximum atomic E-state index is 13.1. The lowest BCUT2D eigenvalue weighted by Crippen LogP contribution is -2.02. The first-order valence-corrected chi connectivity index (χ1v) is 6.25. The Morgan fingerprint density at radius 2 is 2.22 bits per heavy atom. The fourth-order valence-corrected chi connectivity index (χ4v) is 2.52. The minimum Gasteiger partial charge on any atom is -0.478 e. The van der Waals surface area contributed by atoms with Gasteiger partial charge in [-0.05, 0) is 36.8 Å². The van der Waals surface area contributed by atoms with Crippen LogP contribution < -0.4 is 0 Å². The number of carboxylic acid groups (broad SMARTS) is 1. The van der Waals surface area contributed by atoms with Crippen LogP contribution in [0.3, 0.4) is 0 Å². The average Bonchev–Trinajstić information content (AvgIpc) is 2.72. The predicted molar refractivity (Wildman–Crippen MR) is 66.4 cm³/mol. The molecule has 0 aliphatic rings. The van der Waals surface area contributed by atoms with Crippen LogP contribution in [0, 0.1) is 12.7 Å². The summed E-state index contributed by atoms with van der Waals surface area (Å²) in [5, 5.41) is 9.02. The van der Waals surface area contributed by atoms with Crippen molar-refractivity contribution in [1.82, 2.24) is 0 Å². The van der Waals surface area contributed by atoms with E-state index in [1.807, 2.05) is 6.92 Å². The Morgan fingerprint density at radius 3 is 2.83 bits per heavy atom. The van der Waals surface area contributed by atoms with Gasteiger partial charge in [-0.3, -0.25) is 0 Å². The zero-order chi connectivity index (χ0) is 13.1. The summed E-state index contributed by atoms with van der Waals surface area (Å²) in [5.74, 6) is -0.318. The number of hydrogen-bond acceptors (Lipinski definition) is 3. The van der Waals surface area contributed by atoms with Gasteiger partial charge in [-0.2, -0.15) is 0 Å². The molecule has 0 bridgehead atoms. The third-order valence-electron chi connectivity index (χ3n) is 2.49. The Kier molecular flexibility index (Phi) is 3.72. The number of aryl methyl sites for hydroxylation is 1. The van der Waals surface area contributed by atoms with Crippen molar-refractivity contribution >= 4 is 17.7 Å². The second kappa shape index (κ2) is 5.27. The maximum absolute atomic E-state index is 13.1. The van der Waals surface area contributed by atoms with Crippen molar-refractivity contribution in [3.8, 4) is 0 Å². The molecule has 5 heteroatoms. The first-order valence-electron chi connectivity index (χ1n) is 5.26. The molecule has 0 saturated heterocycles. The summed E-state index contributed by atoms with van der Waals surface area (Å²) in [5.41, 5.74) is 0.596. The second-order valence-electron chi connectivity index (χ2n) is 3.74. The highest BCUT2D eigenvalue weighted by atomic mass is 32.2. The van der Waals surface area contributed by atoms with Gasteiger partial charge < -0.3 is 9.52 Å². The lowest BCUT2D eigenvalue weighted by molar-refractivity contribution is 0.0696. The van der Waals surface area contributed by atoms with Crippen LogP contribution in [-0.4, -0.2) is 11.1 Å². The van der Waals surface area contributed by atoms with Crippen molar-refractivity contribution < 1.29 is 18.7 Å². The topological polar surface area (TPSA) is 50.4 Å². The second-order valence-corrected chi connectivity index (χ2v) is 4.75. The Bertz CT molecular complexity index is 577. The molecule has 3 nitrogen and oxygen atoms in total. The number of carbonyl (C=O) groups is 1. The summed E-state index contributed by atoms with van der Waals surface area (Å²) < 4.78 is 18.3. The average molecular weight is 266 g/mol. The van der Waals surface area contributed by atoms with Crippen LogP contribution in [0.1, 0.15) is 21.7 Å². The molecule has 0 atom stereocenters. The van der Waals surface area contributed by atoms with Crippen LogP contribution in [0.2, 0.25) is 0 Å². The van der Waals surface area contributed by atoms with Gasteiger partial charge in [0.1, 0.15) is 11.6 Å². The lowest BCUT2D eigenvalue weighted by Gasteiger charge is -2.05. The molecule has 0 spiro atoms. The fourth-order valence-electron chi connectivity index (χ4n) is 1.57. The van der Waals surface area contributed by atoms with Crippen LogP contribution in [-0.2, 0) is 5.75 Å². The monoisotopic (exact) mass is 266 g/mol. The molecule has 0 unspecified atom stereocenters. The van der Waals surface area contributed by atoms with Gasteiger partial charge in [0.05, 0.1) is 11.8 Å². The summed E-state index contributed by atoms with van der Waals surface area (Å²) >= 11 is 1.42. The molecule has 1 aromatic heterocycles. The Balaban J connectivity index is 2.20. The standard InChI is InChI=1S/C13H11FO3S/c1-8-12(4-5-17-8)18-7-9-6-10(14)2-3-11(9)13(15)16/h2-6H,7H2,1H3,(H,15,16). The number of thioether (sulfide) groups is 1. The van der Waals surface area contributed by atoms with Gasteiger partial charge in [-0.25, -0.2) is 9.18 Å². The molecule has 1 N–H and O–H groups in total. The number of benzene rings is 1. The van der Waals surface area contributed by atoms with E-state index in [1.165, 1.54) is 23.9 Å². The first kappa shape index (κ1) is 12.7. The van der Waals surface area contributed by atoms with Crippen LogP contribution in [0.5, 0.6) is 0 Å². The molecular formula is C13H11FO3S. The van der Waals surface area contributed by atoms with E-state index in [2.05, 4.69) is 0 Å². The zero-order valence-corrected chi connectivity index (χ0v) is 10.5.